The van der Waals surface area contributed by atoms with Crippen LogP contribution in [0.1, 0.15) is 18.7 Å². The second-order valence-corrected chi connectivity index (χ2v) is 8.85. The summed E-state index contributed by atoms with van der Waals surface area (Å²) in [5.74, 6) is -0.420. The van der Waals surface area contributed by atoms with Gasteiger partial charge in [0, 0.05) is 18.0 Å². The monoisotopic (exact) mass is 461 g/mol. The number of rotatable bonds is 8. The molecule has 28 heavy (non-hydrogen) atoms. The van der Waals surface area contributed by atoms with Gasteiger partial charge in [0.15, 0.2) is 5.13 Å². The van der Waals surface area contributed by atoms with Gasteiger partial charge in [-0.1, -0.05) is 42.9 Å². The van der Waals surface area contributed by atoms with Crippen molar-refractivity contribution in [2.75, 3.05) is 31.1 Å². The molecule has 0 aliphatic rings. The lowest BCUT2D eigenvalue weighted by Crippen LogP contribution is -2.39. The first-order valence-electron chi connectivity index (χ1n) is 8.83. The van der Waals surface area contributed by atoms with E-state index in [4.69, 9.17) is 11.6 Å². The van der Waals surface area contributed by atoms with E-state index >= 15 is 0 Å². The van der Waals surface area contributed by atoms with Crippen LogP contribution in [0.25, 0.3) is 10.2 Å². The van der Waals surface area contributed by atoms with Crippen LogP contribution in [-0.2, 0) is 11.2 Å². The number of anilines is 1. The van der Waals surface area contributed by atoms with Crippen molar-refractivity contribution in [3.05, 3.63) is 45.4 Å². The molecule has 2 heterocycles. The van der Waals surface area contributed by atoms with E-state index in [1.54, 1.807) is 17.0 Å². The Morgan fingerprint density at radius 3 is 2.50 bits per heavy atom. The van der Waals surface area contributed by atoms with Crippen LogP contribution < -0.4 is 4.90 Å². The molecule has 0 saturated carbocycles. The van der Waals surface area contributed by atoms with Crippen LogP contribution in [0.2, 0.25) is 4.34 Å². The quantitative estimate of drug-likeness (QED) is 0.444. The van der Waals surface area contributed by atoms with E-state index in [2.05, 4.69) is 23.7 Å². The molecule has 0 N–H and O–H groups in total. The van der Waals surface area contributed by atoms with Gasteiger partial charge in [0.1, 0.15) is 11.3 Å². The Hall–Kier alpha value is -1.25. The molecule has 4 nitrogen and oxygen atoms in total. The molecule has 0 atom stereocenters. The predicted molar refractivity (Wildman–Crippen MR) is 120 cm³/mol. The van der Waals surface area contributed by atoms with Crippen molar-refractivity contribution in [2.24, 2.45) is 0 Å². The maximum Gasteiger partial charge on any atom is 0.234 e. The van der Waals surface area contributed by atoms with Crippen LogP contribution in [0.15, 0.2) is 30.3 Å². The Morgan fingerprint density at radius 2 is 1.89 bits per heavy atom. The molecule has 1 aromatic carbocycles. The van der Waals surface area contributed by atoms with Gasteiger partial charge in [0.2, 0.25) is 5.91 Å². The maximum atomic E-state index is 14.1. The van der Waals surface area contributed by atoms with Crippen molar-refractivity contribution < 1.29 is 9.18 Å². The van der Waals surface area contributed by atoms with Crippen LogP contribution in [-0.4, -0.2) is 42.0 Å². The van der Waals surface area contributed by atoms with Crippen molar-refractivity contribution >= 4 is 67.9 Å². The summed E-state index contributed by atoms with van der Waals surface area (Å²) in [5.41, 5.74) is 0.317. The van der Waals surface area contributed by atoms with Crippen molar-refractivity contribution in [1.29, 1.82) is 0 Å². The lowest BCUT2D eigenvalue weighted by molar-refractivity contribution is -0.118. The highest BCUT2D eigenvalue weighted by molar-refractivity contribution is 7.22. The normalized spacial score (nSPS) is 11.0. The fourth-order valence-corrected chi connectivity index (χ4v) is 4.92. The van der Waals surface area contributed by atoms with Gasteiger partial charge < -0.3 is 4.90 Å². The first-order chi connectivity index (χ1) is 13.0. The van der Waals surface area contributed by atoms with Gasteiger partial charge in [0.25, 0.3) is 0 Å². The minimum atomic E-state index is -0.365. The summed E-state index contributed by atoms with van der Waals surface area (Å²) in [7, 11) is 0. The summed E-state index contributed by atoms with van der Waals surface area (Å²) < 4.78 is 15.5. The zero-order valence-corrected chi connectivity index (χ0v) is 18.9. The van der Waals surface area contributed by atoms with E-state index in [9.17, 15) is 9.18 Å². The molecule has 0 fully saturated rings. The van der Waals surface area contributed by atoms with Crippen molar-refractivity contribution in [1.82, 2.24) is 9.88 Å². The average Bonchev–Trinajstić information content (AvgIpc) is 3.25. The number of nitrogens with zero attached hydrogens (tertiary/aromatic N) is 3. The van der Waals surface area contributed by atoms with E-state index in [1.165, 1.54) is 28.7 Å². The fourth-order valence-electron chi connectivity index (χ4n) is 2.82. The summed E-state index contributed by atoms with van der Waals surface area (Å²) in [5, 5.41) is 0.537. The molecule has 152 valence electrons. The Kier molecular flexibility index (Phi) is 8.64. The lowest BCUT2D eigenvalue weighted by atomic mass is 10.3. The molecule has 1 amide bonds. The highest BCUT2D eigenvalue weighted by Gasteiger charge is 2.22. The molecule has 3 rings (SSSR count). The second kappa shape index (κ2) is 10.5. The number of thiazole rings is 1. The molecule has 0 radical (unpaired) electrons. The molecule has 2 aromatic heterocycles. The number of hydrogen-bond acceptors (Lipinski definition) is 5. The minimum absolute atomic E-state index is 0. The van der Waals surface area contributed by atoms with Crippen LogP contribution >= 0.6 is 46.7 Å². The van der Waals surface area contributed by atoms with Gasteiger partial charge in [-0.3, -0.25) is 9.69 Å². The van der Waals surface area contributed by atoms with Gasteiger partial charge in [-0.2, -0.15) is 0 Å². The third-order valence-electron chi connectivity index (χ3n) is 4.38. The van der Waals surface area contributed by atoms with E-state index in [1.807, 2.05) is 12.1 Å². The highest BCUT2D eigenvalue weighted by Crippen LogP contribution is 2.31. The summed E-state index contributed by atoms with van der Waals surface area (Å²) in [6, 6.07) is 8.54. The summed E-state index contributed by atoms with van der Waals surface area (Å²) >= 11 is 8.73. The number of fused-ring (bicyclic) bond motifs is 1. The number of likely N-dealkylation sites (N-methyl/N-ethyl adjacent to an activating group) is 1. The van der Waals surface area contributed by atoms with Crippen LogP contribution in [0.5, 0.6) is 0 Å². The first-order valence-corrected chi connectivity index (χ1v) is 10.8. The zero-order valence-electron chi connectivity index (χ0n) is 15.7. The maximum absolute atomic E-state index is 14.1. The van der Waals surface area contributed by atoms with Crippen molar-refractivity contribution in [3.8, 4) is 0 Å². The smallest absolute Gasteiger partial charge is 0.234 e. The van der Waals surface area contributed by atoms with Crippen molar-refractivity contribution in [3.63, 3.8) is 0 Å². The van der Waals surface area contributed by atoms with Crippen LogP contribution in [0, 0.1) is 5.82 Å². The molecule has 3 aromatic rings. The summed E-state index contributed by atoms with van der Waals surface area (Å²) in [6.07, 6.45) is 0.258. The molecule has 0 unspecified atom stereocenters. The Balaban J connectivity index is 0.00000280. The van der Waals surface area contributed by atoms with E-state index in [-0.39, 0.29) is 30.6 Å². The van der Waals surface area contributed by atoms with E-state index in [0.29, 0.717) is 21.5 Å². The molecule has 0 bridgehead atoms. The molecule has 9 heteroatoms. The average molecular weight is 462 g/mol. The van der Waals surface area contributed by atoms with Gasteiger partial charge in [-0.05, 0) is 37.4 Å². The minimum Gasteiger partial charge on any atom is -0.302 e. The van der Waals surface area contributed by atoms with Crippen molar-refractivity contribution in [2.45, 2.75) is 20.3 Å². The number of aromatic nitrogens is 1. The second-order valence-electron chi connectivity index (χ2n) is 6.04. The summed E-state index contributed by atoms with van der Waals surface area (Å²) in [4.78, 5) is 22.3. The first kappa shape index (κ1) is 23.0. The Labute approximate surface area is 183 Å². The topological polar surface area (TPSA) is 36.4 Å². The third-order valence-corrected chi connectivity index (χ3v) is 6.65. The largest absolute Gasteiger partial charge is 0.302 e. The zero-order chi connectivity index (χ0) is 19.4. The van der Waals surface area contributed by atoms with E-state index in [0.717, 1.165) is 29.2 Å². The molecule has 0 aliphatic heterocycles. The standard InChI is InChI=1S/C19H21ClFN3OS2.ClH/c1-3-23(4-2)10-11-24(17(25)12-13-8-9-16(20)26-13)19-22-18-14(21)6-5-7-15(18)27-19;/h5-9H,3-4,10-12H2,1-2H3;1H. The number of carbonyl (C=O) groups excluding carboxylic acids is 1. The SMILES string of the molecule is CCN(CC)CCN(C(=O)Cc1ccc(Cl)s1)c1nc2c(F)cccc2s1.Cl. The number of thiophene rings is 1. The molecule has 0 spiro atoms. The van der Waals surface area contributed by atoms with Gasteiger partial charge in [-0.25, -0.2) is 9.37 Å². The number of para-hydroxylation sites is 1. The Morgan fingerprint density at radius 1 is 1.14 bits per heavy atom. The predicted octanol–water partition coefficient (Wildman–Crippen LogP) is 5.49. The number of benzene rings is 1. The summed E-state index contributed by atoms with van der Waals surface area (Å²) in [6.45, 7) is 7.26. The van der Waals surface area contributed by atoms with E-state index < -0.39 is 0 Å². The van der Waals surface area contributed by atoms with Gasteiger partial charge in [-0.15, -0.1) is 23.7 Å². The van der Waals surface area contributed by atoms with Crippen LogP contribution in [0.4, 0.5) is 9.52 Å². The number of halogens is 3. The van der Waals surface area contributed by atoms with Gasteiger partial charge in [0.05, 0.1) is 15.5 Å². The van der Waals surface area contributed by atoms with Crippen LogP contribution in [0.3, 0.4) is 0 Å². The lowest BCUT2D eigenvalue weighted by Gasteiger charge is -2.24. The molecule has 0 saturated heterocycles. The fraction of sp³-hybridized carbons (Fsp3) is 0.368. The third kappa shape index (κ3) is 5.42. The number of amides is 1. The number of hydrogen-bond donors (Lipinski definition) is 0. The number of carbonyl (C=O) groups is 1. The molecular weight excluding hydrogens is 440 g/mol. The van der Waals surface area contributed by atoms with Gasteiger partial charge >= 0.3 is 0 Å². The Bertz CT molecular complexity index is 927. The molecular formula is C19H22Cl2FN3OS2. The highest BCUT2D eigenvalue weighted by atomic mass is 35.5. The molecule has 0 aliphatic carbocycles.